The van der Waals surface area contributed by atoms with E-state index in [1.807, 2.05) is 18.3 Å². The topological polar surface area (TPSA) is 38.9 Å². The summed E-state index contributed by atoms with van der Waals surface area (Å²) in [6.07, 6.45) is 1.92. The van der Waals surface area contributed by atoms with Crippen LogP contribution in [-0.2, 0) is 0 Å². The molecule has 12 rings (SSSR count). The van der Waals surface area contributed by atoms with Crippen LogP contribution in [0.3, 0.4) is 0 Å². The van der Waals surface area contributed by atoms with Crippen LogP contribution in [0.15, 0.2) is 211 Å². The van der Waals surface area contributed by atoms with Gasteiger partial charge < -0.3 is 4.42 Å². The lowest BCUT2D eigenvalue weighted by Gasteiger charge is -2.11. The molecule has 10 aromatic carbocycles. The number of para-hydroxylation sites is 2. The molecule has 0 saturated heterocycles. The van der Waals surface area contributed by atoms with Crippen LogP contribution in [0.4, 0.5) is 0 Å². The third kappa shape index (κ3) is 5.59. The minimum Gasteiger partial charge on any atom is -0.455 e. The highest BCUT2D eigenvalue weighted by Gasteiger charge is 2.14. The lowest BCUT2D eigenvalue weighted by molar-refractivity contribution is 0.670. The number of nitrogens with zero attached hydrogens (tertiary/aromatic N) is 2. The minimum absolute atomic E-state index is 0.866. The number of hydrogen-bond acceptors (Lipinski definition) is 3. The molecule has 2 heterocycles. The Labute approximate surface area is 340 Å². The number of fused-ring (bicyclic) bond motifs is 10. The zero-order valence-electron chi connectivity index (χ0n) is 31.9. The molecule has 59 heavy (non-hydrogen) atoms. The first-order valence-corrected chi connectivity index (χ1v) is 20.0. The van der Waals surface area contributed by atoms with Crippen molar-refractivity contribution in [3.8, 4) is 55.8 Å². The molecule has 0 saturated carbocycles. The Morgan fingerprint density at radius 3 is 1.51 bits per heavy atom. The summed E-state index contributed by atoms with van der Waals surface area (Å²) in [5, 5.41) is 9.36. The molecule has 3 nitrogen and oxygen atoms in total. The van der Waals surface area contributed by atoms with Gasteiger partial charge in [0, 0.05) is 32.7 Å². The Kier molecular flexibility index (Phi) is 7.54. The van der Waals surface area contributed by atoms with Crippen LogP contribution in [0.25, 0.3) is 121 Å². The Bertz CT molecular complexity index is 3560. The summed E-state index contributed by atoms with van der Waals surface area (Å²) >= 11 is 0. The average Bonchev–Trinajstić information content (AvgIpc) is 3.70. The van der Waals surface area contributed by atoms with Gasteiger partial charge in [0.1, 0.15) is 11.2 Å². The summed E-state index contributed by atoms with van der Waals surface area (Å²) < 4.78 is 6.31. The van der Waals surface area contributed by atoms with Crippen molar-refractivity contribution in [1.29, 1.82) is 0 Å². The first kappa shape index (κ1) is 33.3. The second-order valence-electron chi connectivity index (χ2n) is 15.3. The predicted octanol–water partition coefficient (Wildman–Crippen LogP) is 15.3. The normalized spacial score (nSPS) is 11.7. The molecule has 0 atom stereocenters. The molecule has 274 valence electrons. The fraction of sp³-hybridized carbons (Fsp3) is 0. The molecular formula is C56H34N2O. The Balaban J connectivity index is 0.809. The van der Waals surface area contributed by atoms with Crippen molar-refractivity contribution in [3.63, 3.8) is 0 Å². The number of furan rings is 1. The zero-order valence-corrected chi connectivity index (χ0v) is 31.9. The molecule has 0 aliphatic rings. The van der Waals surface area contributed by atoms with Crippen molar-refractivity contribution in [3.05, 3.63) is 206 Å². The summed E-state index contributed by atoms with van der Waals surface area (Å²) in [5.74, 6) is 0. The van der Waals surface area contributed by atoms with Crippen molar-refractivity contribution in [2.24, 2.45) is 0 Å². The second kappa shape index (κ2) is 13.4. The SMILES string of the molecule is c1cc(-c2ccc3cc(-c4ccc(-c5ccc(-c6cccc7c6oc6ccccc67)cc5)cc4)ccc3c2)cc(-c2cnc3c4ccccc4c4ccccc4c3n2)c1. The third-order valence-corrected chi connectivity index (χ3v) is 11.9. The molecule has 0 bridgehead atoms. The summed E-state index contributed by atoms with van der Waals surface area (Å²) in [5.41, 5.74) is 15.0. The van der Waals surface area contributed by atoms with Crippen LogP contribution in [-0.4, -0.2) is 9.97 Å². The molecule has 0 N–H and O–H groups in total. The zero-order chi connectivity index (χ0) is 38.9. The van der Waals surface area contributed by atoms with Crippen molar-refractivity contribution in [2.75, 3.05) is 0 Å². The van der Waals surface area contributed by atoms with Crippen LogP contribution in [0.5, 0.6) is 0 Å². The summed E-state index contributed by atoms with van der Waals surface area (Å²) in [7, 11) is 0. The van der Waals surface area contributed by atoms with Gasteiger partial charge in [0.15, 0.2) is 0 Å². The van der Waals surface area contributed by atoms with E-state index in [0.717, 1.165) is 71.7 Å². The van der Waals surface area contributed by atoms with Crippen LogP contribution >= 0.6 is 0 Å². The van der Waals surface area contributed by atoms with E-state index in [-0.39, 0.29) is 0 Å². The monoisotopic (exact) mass is 750 g/mol. The van der Waals surface area contributed by atoms with Crippen LogP contribution < -0.4 is 0 Å². The van der Waals surface area contributed by atoms with Crippen molar-refractivity contribution < 1.29 is 4.42 Å². The molecule has 0 spiro atoms. The maximum Gasteiger partial charge on any atom is 0.143 e. The molecule has 2 aromatic heterocycles. The van der Waals surface area contributed by atoms with E-state index in [0.29, 0.717) is 0 Å². The molecule has 0 unspecified atom stereocenters. The smallest absolute Gasteiger partial charge is 0.143 e. The number of aromatic nitrogens is 2. The van der Waals surface area contributed by atoms with Gasteiger partial charge in [-0.2, -0.15) is 0 Å². The summed E-state index contributed by atoms with van der Waals surface area (Å²) in [4.78, 5) is 10.2. The second-order valence-corrected chi connectivity index (χ2v) is 15.3. The van der Waals surface area contributed by atoms with Gasteiger partial charge in [-0.25, -0.2) is 4.98 Å². The largest absolute Gasteiger partial charge is 0.455 e. The Morgan fingerprint density at radius 2 is 0.814 bits per heavy atom. The molecule has 0 amide bonds. The fourth-order valence-electron chi connectivity index (χ4n) is 8.90. The van der Waals surface area contributed by atoms with Crippen LogP contribution in [0, 0.1) is 0 Å². The Hall–Kier alpha value is -7.88. The van der Waals surface area contributed by atoms with Crippen molar-refractivity contribution >= 4 is 65.3 Å². The minimum atomic E-state index is 0.866. The summed E-state index contributed by atoms with van der Waals surface area (Å²) in [6, 6.07) is 71.4. The van der Waals surface area contributed by atoms with E-state index in [2.05, 4.69) is 188 Å². The summed E-state index contributed by atoms with van der Waals surface area (Å²) in [6.45, 7) is 0. The van der Waals surface area contributed by atoms with Gasteiger partial charge in [-0.05, 0) is 84.8 Å². The standard InChI is InChI=1S/C56H34N2O/c1-3-14-49-46(11-1)47-12-2-4-15-50(47)55-54(49)57-34-52(58-55)44-10-7-9-39(33-44)41-29-30-42-31-40(27-28-43(42)32-41)37-21-19-35(20-22-37)36-23-25-38(26-24-36)45-16-8-17-51-48-13-5-6-18-53(48)59-56(45)51/h1-34H. The van der Waals surface area contributed by atoms with Crippen molar-refractivity contribution in [2.45, 2.75) is 0 Å². The van der Waals surface area contributed by atoms with Gasteiger partial charge in [-0.15, -0.1) is 0 Å². The third-order valence-electron chi connectivity index (χ3n) is 11.9. The van der Waals surface area contributed by atoms with E-state index in [9.17, 15) is 0 Å². The number of rotatable bonds is 5. The van der Waals surface area contributed by atoms with Gasteiger partial charge in [0.05, 0.1) is 22.9 Å². The predicted molar refractivity (Wildman–Crippen MR) is 247 cm³/mol. The number of benzene rings is 10. The quantitative estimate of drug-likeness (QED) is 0.164. The van der Waals surface area contributed by atoms with E-state index < -0.39 is 0 Å². The lowest BCUT2D eigenvalue weighted by Crippen LogP contribution is -1.92. The maximum absolute atomic E-state index is 6.31. The fourth-order valence-corrected chi connectivity index (χ4v) is 8.90. The van der Waals surface area contributed by atoms with Gasteiger partial charge >= 0.3 is 0 Å². The molecule has 0 aliphatic heterocycles. The van der Waals surface area contributed by atoms with E-state index in [1.54, 1.807) is 0 Å². The first-order valence-electron chi connectivity index (χ1n) is 20.0. The lowest BCUT2D eigenvalue weighted by atomic mass is 9.95. The first-order chi connectivity index (χ1) is 29.2. The van der Waals surface area contributed by atoms with E-state index >= 15 is 0 Å². The highest BCUT2D eigenvalue weighted by Crippen LogP contribution is 2.38. The van der Waals surface area contributed by atoms with Gasteiger partial charge in [0.2, 0.25) is 0 Å². The highest BCUT2D eigenvalue weighted by molar-refractivity contribution is 6.23. The van der Waals surface area contributed by atoms with Gasteiger partial charge in [0.25, 0.3) is 0 Å². The van der Waals surface area contributed by atoms with E-state index in [4.69, 9.17) is 14.4 Å². The molecule has 3 heteroatoms. The van der Waals surface area contributed by atoms with Crippen LogP contribution in [0.1, 0.15) is 0 Å². The molecule has 0 fully saturated rings. The molecular weight excluding hydrogens is 717 g/mol. The molecule has 0 radical (unpaired) electrons. The van der Waals surface area contributed by atoms with Crippen molar-refractivity contribution in [1.82, 2.24) is 9.97 Å². The van der Waals surface area contributed by atoms with Gasteiger partial charge in [-0.3, -0.25) is 4.98 Å². The van der Waals surface area contributed by atoms with E-state index in [1.165, 1.54) is 49.4 Å². The Morgan fingerprint density at radius 1 is 0.322 bits per heavy atom. The average molecular weight is 751 g/mol. The molecule has 12 aromatic rings. The molecule has 0 aliphatic carbocycles. The number of hydrogen-bond donors (Lipinski definition) is 0. The van der Waals surface area contributed by atoms with Crippen LogP contribution in [0.2, 0.25) is 0 Å². The highest BCUT2D eigenvalue weighted by atomic mass is 16.3. The van der Waals surface area contributed by atoms with Gasteiger partial charge in [-0.1, -0.05) is 176 Å². The maximum atomic E-state index is 6.31.